The Balaban J connectivity index is 2.93. The molecule has 0 aliphatic heterocycles. The first-order valence-corrected chi connectivity index (χ1v) is 8.59. The van der Waals surface area contributed by atoms with Gasteiger partial charge in [0.25, 0.3) is 0 Å². The summed E-state index contributed by atoms with van der Waals surface area (Å²) in [5, 5.41) is 0. The van der Waals surface area contributed by atoms with Crippen LogP contribution >= 0.6 is 27.7 Å². The summed E-state index contributed by atoms with van der Waals surface area (Å²) < 4.78 is 12.4. The van der Waals surface area contributed by atoms with Crippen LogP contribution in [0.15, 0.2) is 16.6 Å². The van der Waals surface area contributed by atoms with Crippen LogP contribution in [-0.2, 0) is 6.42 Å². The van der Waals surface area contributed by atoms with E-state index in [0.29, 0.717) is 13.2 Å². The van der Waals surface area contributed by atoms with Gasteiger partial charge in [0.05, 0.1) is 17.7 Å². The molecule has 5 heteroatoms. The van der Waals surface area contributed by atoms with Gasteiger partial charge >= 0.3 is 0 Å². The molecule has 3 nitrogen and oxygen atoms in total. The van der Waals surface area contributed by atoms with Crippen LogP contribution in [0.25, 0.3) is 0 Å². The van der Waals surface area contributed by atoms with Gasteiger partial charge < -0.3 is 15.2 Å². The maximum Gasteiger partial charge on any atom is 0.175 e. The summed E-state index contributed by atoms with van der Waals surface area (Å²) in [6.07, 6.45) is 2.89. The summed E-state index contributed by atoms with van der Waals surface area (Å²) in [6, 6.07) is 4.21. The maximum absolute atomic E-state index is 5.84. The van der Waals surface area contributed by atoms with Gasteiger partial charge in [-0.3, -0.25) is 0 Å². The minimum atomic E-state index is 0.129. The van der Waals surface area contributed by atoms with Crippen LogP contribution in [0.4, 0.5) is 0 Å². The van der Waals surface area contributed by atoms with E-state index in [1.807, 2.05) is 19.9 Å². The number of benzene rings is 1. The lowest BCUT2D eigenvalue weighted by atomic mass is 10.1. The molecule has 0 amide bonds. The Morgan fingerprint density at radius 2 is 2.11 bits per heavy atom. The Morgan fingerprint density at radius 3 is 2.68 bits per heavy atom. The standard InChI is InChI=1S/C14H22BrNO2S/c1-4-17-13-9-11(7-10(2)16)8-12(15)14(13)18-5-6-19-3/h8-10H,4-7,16H2,1-3H3. The predicted octanol–water partition coefficient (Wildman–Crippen LogP) is 3.48. The maximum atomic E-state index is 5.84. The van der Waals surface area contributed by atoms with Crippen molar-refractivity contribution in [3.63, 3.8) is 0 Å². The van der Waals surface area contributed by atoms with Crippen LogP contribution in [0.2, 0.25) is 0 Å². The summed E-state index contributed by atoms with van der Waals surface area (Å²) in [5.74, 6) is 2.53. The minimum Gasteiger partial charge on any atom is -0.490 e. The van der Waals surface area contributed by atoms with Crippen LogP contribution < -0.4 is 15.2 Å². The third-order valence-electron chi connectivity index (χ3n) is 2.46. The van der Waals surface area contributed by atoms with E-state index in [1.54, 1.807) is 11.8 Å². The molecule has 108 valence electrons. The average Bonchev–Trinajstić information content (AvgIpc) is 2.32. The fourth-order valence-corrected chi connectivity index (χ4v) is 2.59. The van der Waals surface area contributed by atoms with Crippen molar-refractivity contribution in [1.82, 2.24) is 0 Å². The van der Waals surface area contributed by atoms with Gasteiger partial charge in [0, 0.05) is 11.8 Å². The number of ether oxygens (including phenoxy) is 2. The zero-order valence-corrected chi connectivity index (χ0v) is 14.1. The van der Waals surface area contributed by atoms with Crippen LogP contribution in [-0.4, -0.2) is 31.3 Å². The summed E-state index contributed by atoms with van der Waals surface area (Å²) in [6.45, 7) is 5.26. The van der Waals surface area contributed by atoms with Gasteiger partial charge in [0.15, 0.2) is 11.5 Å². The molecule has 0 spiro atoms. The molecule has 0 aliphatic carbocycles. The Hall–Kier alpha value is -0.390. The lowest BCUT2D eigenvalue weighted by molar-refractivity contribution is 0.287. The van der Waals surface area contributed by atoms with E-state index in [0.717, 1.165) is 33.7 Å². The van der Waals surface area contributed by atoms with Gasteiger partial charge in [-0.1, -0.05) is 0 Å². The second kappa shape index (κ2) is 8.72. The topological polar surface area (TPSA) is 44.5 Å². The molecular weight excluding hydrogens is 326 g/mol. The van der Waals surface area contributed by atoms with Gasteiger partial charge in [-0.2, -0.15) is 11.8 Å². The normalized spacial score (nSPS) is 12.3. The highest BCUT2D eigenvalue weighted by Crippen LogP contribution is 2.37. The van der Waals surface area contributed by atoms with Crippen molar-refractivity contribution in [2.24, 2.45) is 5.73 Å². The van der Waals surface area contributed by atoms with Gasteiger partial charge in [-0.15, -0.1) is 0 Å². The Bertz CT molecular complexity index is 399. The van der Waals surface area contributed by atoms with Gasteiger partial charge in [-0.05, 0) is 60.2 Å². The van der Waals surface area contributed by atoms with Crippen molar-refractivity contribution < 1.29 is 9.47 Å². The molecule has 1 rings (SSSR count). The van der Waals surface area contributed by atoms with E-state index in [4.69, 9.17) is 15.2 Å². The fourth-order valence-electron chi connectivity index (χ4n) is 1.74. The molecule has 19 heavy (non-hydrogen) atoms. The van der Waals surface area contributed by atoms with Crippen LogP contribution in [0.3, 0.4) is 0 Å². The molecule has 0 fully saturated rings. The molecule has 0 saturated carbocycles. The monoisotopic (exact) mass is 347 g/mol. The molecule has 1 aromatic rings. The first kappa shape index (κ1) is 16.7. The second-order valence-electron chi connectivity index (χ2n) is 4.36. The molecular formula is C14H22BrNO2S. The van der Waals surface area contributed by atoms with Gasteiger partial charge in [0.1, 0.15) is 0 Å². The highest BCUT2D eigenvalue weighted by atomic mass is 79.9. The molecule has 1 unspecified atom stereocenters. The zero-order valence-electron chi connectivity index (χ0n) is 11.7. The molecule has 0 radical (unpaired) electrons. The first-order chi connectivity index (χ1) is 9.08. The van der Waals surface area contributed by atoms with Crippen molar-refractivity contribution >= 4 is 27.7 Å². The summed E-state index contributed by atoms with van der Waals surface area (Å²) in [4.78, 5) is 0. The van der Waals surface area contributed by atoms with Crippen molar-refractivity contribution in [2.45, 2.75) is 26.3 Å². The second-order valence-corrected chi connectivity index (χ2v) is 6.20. The van der Waals surface area contributed by atoms with E-state index in [2.05, 4.69) is 28.3 Å². The van der Waals surface area contributed by atoms with Crippen molar-refractivity contribution in [3.8, 4) is 11.5 Å². The molecule has 2 N–H and O–H groups in total. The smallest absolute Gasteiger partial charge is 0.175 e. The molecule has 1 atom stereocenters. The van der Waals surface area contributed by atoms with E-state index >= 15 is 0 Å². The van der Waals surface area contributed by atoms with E-state index in [9.17, 15) is 0 Å². The number of thioether (sulfide) groups is 1. The lowest BCUT2D eigenvalue weighted by Crippen LogP contribution is -2.17. The molecule has 1 aromatic carbocycles. The number of nitrogens with two attached hydrogens (primary N) is 1. The van der Waals surface area contributed by atoms with Gasteiger partial charge in [0.2, 0.25) is 0 Å². The number of hydrogen-bond donors (Lipinski definition) is 1. The molecule has 0 saturated heterocycles. The molecule has 0 bridgehead atoms. The quantitative estimate of drug-likeness (QED) is 0.731. The van der Waals surface area contributed by atoms with Gasteiger partial charge in [-0.25, -0.2) is 0 Å². The van der Waals surface area contributed by atoms with Crippen LogP contribution in [0.5, 0.6) is 11.5 Å². The Kier molecular flexibility index (Phi) is 7.64. The van der Waals surface area contributed by atoms with Crippen molar-refractivity contribution in [3.05, 3.63) is 22.2 Å². The Labute approximate surface area is 128 Å². The SMILES string of the molecule is CCOc1cc(CC(C)N)cc(Br)c1OCCSC. The van der Waals surface area contributed by atoms with Crippen molar-refractivity contribution in [1.29, 1.82) is 0 Å². The third-order valence-corrected chi connectivity index (χ3v) is 3.62. The summed E-state index contributed by atoms with van der Waals surface area (Å²) >= 11 is 5.32. The zero-order chi connectivity index (χ0) is 14.3. The van der Waals surface area contributed by atoms with Crippen LogP contribution in [0.1, 0.15) is 19.4 Å². The predicted molar refractivity (Wildman–Crippen MR) is 86.5 cm³/mol. The number of hydrogen-bond acceptors (Lipinski definition) is 4. The molecule has 0 heterocycles. The van der Waals surface area contributed by atoms with Crippen molar-refractivity contribution in [2.75, 3.05) is 25.2 Å². The summed E-state index contributed by atoms with van der Waals surface area (Å²) in [7, 11) is 0. The van der Waals surface area contributed by atoms with Crippen LogP contribution in [0, 0.1) is 0 Å². The first-order valence-electron chi connectivity index (χ1n) is 6.41. The molecule has 0 aromatic heterocycles. The third kappa shape index (κ3) is 5.63. The Morgan fingerprint density at radius 1 is 1.37 bits per heavy atom. The lowest BCUT2D eigenvalue weighted by Gasteiger charge is -2.16. The number of halogens is 1. The van der Waals surface area contributed by atoms with E-state index in [-0.39, 0.29) is 6.04 Å². The highest BCUT2D eigenvalue weighted by Gasteiger charge is 2.13. The fraction of sp³-hybridized carbons (Fsp3) is 0.571. The highest BCUT2D eigenvalue weighted by molar-refractivity contribution is 9.10. The largest absolute Gasteiger partial charge is 0.490 e. The molecule has 0 aliphatic rings. The minimum absolute atomic E-state index is 0.129. The van der Waals surface area contributed by atoms with E-state index < -0.39 is 0 Å². The summed E-state index contributed by atoms with van der Waals surface area (Å²) in [5.41, 5.74) is 7.00. The van der Waals surface area contributed by atoms with E-state index in [1.165, 1.54) is 0 Å². The number of rotatable bonds is 8. The average molecular weight is 348 g/mol.